The van der Waals surface area contributed by atoms with Gasteiger partial charge in [-0.1, -0.05) is 27.0 Å². The van der Waals surface area contributed by atoms with Crippen LogP contribution in [0.4, 0.5) is 4.79 Å². The molecule has 0 N–H and O–H groups in total. The zero-order chi connectivity index (χ0) is 12.8. The molecule has 3 heteroatoms. The Hall–Kier alpha value is -1.25. The molecule has 0 amide bonds. The molecule has 0 aromatic carbocycles. The molecule has 3 nitrogen and oxygen atoms in total. The fraction of sp³-hybridized carbons (Fsp3) is 0.615. The van der Waals surface area contributed by atoms with Crippen molar-refractivity contribution < 1.29 is 14.3 Å². The van der Waals surface area contributed by atoms with Gasteiger partial charge >= 0.3 is 6.16 Å². The number of carbonyl (C=O) groups excluding carboxylic acids is 1. The largest absolute Gasteiger partial charge is 0.510 e. The van der Waals surface area contributed by atoms with Gasteiger partial charge < -0.3 is 9.47 Å². The Morgan fingerprint density at radius 3 is 1.56 bits per heavy atom. The van der Waals surface area contributed by atoms with Crippen LogP contribution < -0.4 is 0 Å². The SMILES string of the molecule is C=CC(C)(CC)OC(=O)OC(C)(C=C)CC. The van der Waals surface area contributed by atoms with Crippen molar-refractivity contribution in [3.8, 4) is 0 Å². The molecule has 0 aliphatic rings. The summed E-state index contributed by atoms with van der Waals surface area (Å²) in [5, 5.41) is 0. The lowest BCUT2D eigenvalue weighted by molar-refractivity contribution is -0.0418. The van der Waals surface area contributed by atoms with Crippen LogP contribution in [-0.4, -0.2) is 17.4 Å². The first-order valence-electron chi connectivity index (χ1n) is 5.54. The van der Waals surface area contributed by atoms with Crippen molar-refractivity contribution in [1.82, 2.24) is 0 Å². The smallest absolute Gasteiger partial charge is 0.424 e. The number of ether oxygens (including phenoxy) is 2. The van der Waals surface area contributed by atoms with Crippen LogP contribution in [0, 0.1) is 0 Å². The number of hydrogen-bond donors (Lipinski definition) is 0. The first-order valence-corrected chi connectivity index (χ1v) is 5.54. The molecule has 0 aromatic rings. The zero-order valence-electron chi connectivity index (χ0n) is 10.7. The van der Waals surface area contributed by atoms with Crippen LogP contribution >= 0.6 is 0 Å². The highest BCUT2D eigenvalue weighted by Gasteiger charge is 2.29. The fourth-order valence-electron chi connectivity index (χ4n) is 0.918. The average Bonchev–Trinajstić information content (AvgIpc) is 2.28. The van der Waals surface area contributed by atoms with Crippen molar-refractivity contribution in [2.75, 3.05) is 0 Å². The molecule has 2 unspecified atom stereocenters. The third kappa shape index (κ3) is 4.09. The summed E-state index contributed by atoms with van der Waals surface area (Å²) >= 11 is 0. The van der Waals surface area contributed by atoms with Gasteiger partial charge in [0, 0.05) is 0 Å². The summed E-state index contributed by atoms with van der Waals surface area (Å²) in [6, 6.07) is 0. The molecule has 0 saturated carbocycles. The van der Waals surface area contributed by atoms with Crippen LogP contribution in [0.2, 0.25) is 0 Å². The van der Waals surface area contributed by atoms with E-state index in [9.17, 15) is 4.79 Å². The summed E-state index contributed by atoms with van der Waals surface area (Å²) in [6.07, 6.45) is 3.83. The van der Waals surface area contributed by atoms with E-state index in [2.05, 4.69) is 13.2 Å². The fourth-order valence-corrected chi connectivity index (χ4v) is 0.918. The van der Waals surface area contributed by atoms with Gasteiger partial charge in [0.05, 0.1) is 0 Å². The topological polar surface area (TPSA) is 35.5 Å². The molecule has 0 aliphatic heterocycles. The van der Waals surface area contributed by atoms with Crippen molar-refractivity contribution in [2.24, 2.45) is 0 Å². The molecule has 0 aliphatic carbocycles. The maximum Gasteiger partial charge on any atom is 0.510 e. The van der Waals surface area contributed by atoms with Crippen LogP contribution in [0.25, 0.3) is 0 Å². The maximum absolute atomic E-state index is 11.6. The summed E-state index contributed by atoms with van der Waals surface area (Å²) in [5.74, 6) is 0. The van der Waals surface area contributed by atoms with Crippen molar-refractivity contribution in [2.45, 2.75) is 51.7 Å². The molecule has 0 spiro atoms. The van der Waals surface area contributed by atoms with Crippen molar-refractivity contribution in [3.63, 3.8) is 0 Å². The highest BCUT2D eigenvalue weighted by molar-refractivity contribution is 5.61. The molecule has 0 aromatic heterocycles. The van der Waals surface area contributed by atoms with E-state index in [0.29, 0.717) is 12.8 Å². The van der Waals surface area contributed by atoms with Gasteiger partial charge in [-0.05, 0) is 38.8 Å². The normalized spacial score (nSPS) is 17.8. The molecular weight excluding hydrogens is 204 g/mol. The number of carbonyl (C=O) groups is 1. The predicted octanol–water partition coefficient (Wildman–Crippen LogP) is 3.85. The standard InChI is InChI=1S/C13H22O3/c1-7-12(5,8-2)15-11(14)16-13(6,9-3)10-4/h7,9H,1,3,8,10H2,2,4-6H3. The molecule has 0 rings (SSSR count). The maximum atomic E-state index is 11.6. The molecule has 0 saturated heterocycles. The quantitative estimate of drug-likeness (QED) is 0.509. The average molecular weight is 226 g/mol. The highest BCUT2D eigenvalue weighted by Crippen LogP contribution is 2.21. The Labute approximate surface area is 98.1 Å². The lowest BCUT2D eigenvalue weighted by atomic mass is 10.0. The molecular formula is C13H22O3. The molecule has 16 heavy (non-hydrogen) atoms. The van der Waals surface area contributed by atoms with E-state index in [1.165, 1.54) is 0 Å². The second-order valence-corrected chi connectivity index (χ2v) is 4.19. The summed E-state index contributed by atoms with van der Waals surface area (Å²) in [6.45, 7) is 14.7. The molecule has 2 atom stereocenters. The van der Waals surface area contributed by atoms with Gasteiger partial charge in [-0.25, -0.2) is 4.79 Å². The Bertz CT molecular complexity index is 246. The monoisotopic (exact) mass is 226 g/mol. The molecule has 0 radical (unpaired) electrons. The van der Waals surface area contributed by atoms with Crippen LogP contribution in [0.5, 0.6) is 0 Å². The third-order valence-electron chi connectivity index (χ3n) is 2.90. The Morgan fingerprint density at radius 1 is 1.06 bits per heavy atom. The minimum atomic E-state index is -0.687. The van der Waals surface area contributed by atoms with E-state index in [1.807, 2.05) is 13.8 Å². The minimum absolute atomic E-state index is 0.655. The third-order valence-corrected chi connectivity index (χ3v) is 2.90. The first kappa shape index (κ1) is 14.8. The van der Waals surface area contributed by atoms with Crippen molar-refractivity contribution >= 4 is 6.16 Å². The highest BCUT2D eigenvalue weighted by atomic mass is 16.7. The van der Waals surface area contributed by atoms with Gasteiger partial charge in [0.1, 0.15) is 11.2 Å². The molecule has 92 valence electrons. The zero-order valence-corrected chi connectivity index (χ0v) is 10.7. The number of hydrogen-bond acceptors (Lipinski definition) is 3. The van der Waals surface area contributed by atoms with E-state index in [4.69, 9.17) is 9.47 Å². The second-order valence-electron chi connectivity index (χ2n) is 4.19. The van der Waals surface area contributed by atoms with Gasteiger partial charge in [0.15, 0.2) is 0 Å². The summed E-state index contributed by atoms with van der Waals surface area (Å²) < 4.78 is 10.4. The Balaban J connectivity index is 4.49. The van der Waals surface area contributed by atoms with Crippen LogP contribution in [-0.2, 0) is 9.47 Å². The lowest BCUT2D eigenvalue weighted by Crippen LogP contribution is -2.34. The Kier molecular flexibility index (Phi) is 5.28. The Morgan fingerprint density at radius 2 is 1.38 bits per heavy atom. The van der Waals surface area contributed by atoms with Gasteiger partial charge in [0.2, 0.25) is 0 Å². The van der Waals surface area contributed by atoms with Crippen molar-refractivity contribution in [1.29, 1.82) is 0 Å². The van der Waals surface area contributed by atoms with Gasteiger partial charge in [-0.3, -0.25) is 0 Å². The summed E-state index contributed by atoms with van der Waals surface area (Å²) in [4.78, 5) is 11.6. The van der Waals surface area contributed by atoms with E-state index < -0.39 is 17.4 Å². The predicted molar refractivity (Wildman–Crippen MR) is 65.4 cm³/mol. The summed E-state index contributed by atoms with van der Waals surface area (Å²) in [7, 11) is 0. The molecule has 0 fully saturated rings. The molecule has 0 heterocycles. The van der Waals surface area contributed by atoms with E-state index in [-0.39, 0.29) is 0 Å². The first-order chi connectivity index (χ1) is 7.34. The van der Waals surface area contributed by atoms with Gasteiger partial charge in [-0.15, -0.1) is 0 Å². The van der Waals surface area contributed by atoms with Crippen LogP contribution in [0.3, 0.4) is 0 Å². The van der Waals surface area contributed by atoms with Crippen molar-refractivity contribution in [3.05, 3.63) is 25.3 Å². The second kappa shape index (κ2) is 5.73. The van der Waals surface area contributed by atoms with E-state index >= 15 is 0 Å². The minimum Gasteiger partial charge on any atom is -0.424 e. The van der Waals surface area contributed by atoms with E-state index in [0.717, 1.165) is 0 Å². The van der Waals surface area contributed by atoms with Crippen LogP contribution in [0.1, 0.15) is 40.5 Å². The van der Waals surface area contributed by atoms with Gasteiger partial charge in [0.25, 0.3) is 0 Å². The van der Waals surface area contributed by atoms with Crippen LogP contribution in [0.15, 0.2) is 25.3 Å². The lowest BCUT2D eigenvalue weighted by Gasteiger charge is -2.28. The van der Waals surface area contributed by atoms with E-state index in [1.54, 1.807) is 26.0 Å². The summed E-state index contributed by atoms with van der Waals surface area (Å²) in [5.41, 5.74) is -1.35. The molecule has 0 bridgehead atoms. The number of rotatable bonds is 6. The van der Waals surface area contributed by atoms with Gasteiger partial charge in [-0.2, -0.15) is 0 Å².